The van der Waals surface area contributed by atoms with E-state index in [1.165, 1.54) is 38.5 Å². The molecule has 8 atom stereocenters. The largest absolute Gasteiger partial charge is 0.472 e. The van der Waals surface area contributed by atoms with Gasteiger partial charge in [0.05, 0.1) is 76.8 Å². The van der Waals surface area contributed by atoms with Crippen LogP contribution in [-0.2, 0) is 74.9 Å². The number of phosphoric acid groups is 2. The SMILES string of the molecule is CCCCCC/C=C\CCCC(=O)O[C@H](CCCCCCC)CC(=O)NC(COCC[C@H](O)CCCCCCC)COP(=O)(O)OCCNC(=O)CCCCC(=O)NCCOP(=O)(O)OCC(COCC[C@H](O)CCCCCCC)NC(=O)C[C@@H](CCCCCCC)OC(=O)CCC/C=C\CCCCCC. The van der Waals surface area contributed by atoms with E-state index >= 15 is 0 Å². The summed E-state index contributed by atoms with van der Waals surface area (Å²) < 4.78 is 70.7. The summed E-state index contributed by atoms with van der Waals surface area (Å²) in [4.78, 5) is 100. The fraction of sp³-hybridized carbons (Fsp3) is 0.875. The average Bonchev–Trinajstić information content (AvgIpc) is 0.949. The van der Waals surface area contributed by atoms with Gasteiger partial charge in [-0.1, -0.05) is 220 Å². The number of ether oxygens (including phenoxy) is 4. The minimum atomic E-state index is -4.72. The van der Waals surface area contributed by atoms with Crippen LogP contribution in [0.3, 0.4) is 0 Å². The zero-order valence-electron chi connectivity index (χ0n) is 67.0. The van der Waals surface area contributed by atoms with E-state index in [9.17, 15) is 57.9 Å². The Bertz CT molecular complexity index is 2150. The summed E-state index contributed by atoms with van der Waals surface area (Å²) in [6.07, 6.45) is 44.6. The number of phosphoric ester groups is 2. The number of hydrogen-bond acceptors (Lipinski definition) is 18. The zero-order valence-corrected chi connectivity index (χ0v) is 68.8. The van der Waals surface area contributed by atoms with Crippen molar-refractivity contribution in [1.82, 2.24) is 21.3 Å². The Kier molecular flexibility index (Phi) is 70.4. The quantitative estimate of drug-likeness (QED) is 0.0121. The van der Waals surface area contributed by atoms with Gasteiger partial charge in [0.2, 0.25) is 23.6 Å². The molecule has 0 spiro atoms. The van der Waals surface area contributed by atoms with Crippen molar-refractivity contribution < 1.29 is 94.9 Å². The molecule has 622 valence electrons. The highest BCUT2D eigenvalue weighted by molar-refractivity contribution is 7.47. The molecule has 4 amide bonds. The first kappa shape index (κ1) is 102. The number of amides is 4. The van der Waals surface area contributed by atoms with Gasteiger partial charge in [-0.05, 0) is 116 Å². The van der Waals surface area contributed by atoms with Crippen LogP contribution in [0.2, 0.25) is 0 Å². The highest BCUT2D eigenvalue weighted by atomic mass is 31.2. The van der Waals surface area contributed by atoms with Gasteiger partial charge < -0.3 is 60.2 Å². The van der Waals surface area contributed by atoms with Crippen molar-refractivity contribution in [1.29, 1.82) is 0 Å². The maximum atomic E-state index is 13.6. The Balaban J connectivity index is 5.42. The van der Waals surface area contributed by atoms with E-state index in [1.54, 1.807) is 0 Å². The van der Waals surface area contributed by atoms with E-state index < -0.39 is 102 Å². The molecule has 0 fully saturated rings. The molecular formula is C80H152N4O20P2. The Hall–Kier alpha value is -3.64. The van der Waals surface area contributed by atoms with E-state index in [4.69, 9.17) is 37.0 Å². The Labute approximate surface area is 641 Å². The summed E-state index contributed by atoms with van der Waals surface area (Å²) in [6, 6.07) is -1.84. The number of rotatable bonds is 79. The number of nitrogens with one attached hydrogen (secondary N) is 4. The minimum absolute atomic E-state index is 0.0281. The van der Waals surface area contributed by atoms with Gasteiger partial charge in [0.1, 0.15) is 12.2 Å². The molecule has 8 N–H and O–H groups in total. The number of esters is 2. The molecule has 106 heavy (non-hydrogen) atoms. The molecule has 0 aliphatic heterocycles. The molecular weight excluding hydrogens is 1400 g/mol. The summed E-state index contributed by atoms with van der Waals surface area (Å²) in [5.74, 6) is -2.46. The third kappa shape index (κ3) is 69.5. The molecule has 4 unspecified atom stereocenters. The Morgan fingerprint density at radius 2 is 0.651 bits per heavy atom. The molecule has 0 aromatic rings. The molecule has 0 aromatic carbocycles. The van der Waals surface area contributed by atoms with Crippen LogP contribution in [0.25, 0.3) is 0 Å². The number of carbonyl (C=O) groups excluding carboxylic acids is 6. The highest BCUT2D eigenvalue weighted by Crippen LogP contribution is 2.44. The molecule has 0 heterocycles. The Morgan fingerprint density at radius 3 is 0.991 bits per heavy atom. The number of allylic oxidation sites excluding steroid dienone is 4. The van der Waals surface area contributed by atoms with Crippen molar-refractivity contribution in [3.8, 4) is 0 Å². The first-order valence-corrected chi connectivity index (χ1v) is 44.8. The smallest absolute Gasteiger partial charge is 0.462 e. The van der Waals surface area contributed by atoms with E-state index in [0.29, 0.717) is 64.2 Å². The lowest BCUT2D eigenvalue weighted by Gasteiger charge is -2.23. The number of unbranched alkanes of at least 4 members (excludes halogenated alkanes) is 27. The summed E-state index contributed by atoms with van der Waals surface area (Å²) in [5.41, 5.74) is 0. The zero-order chi connectivity index (χ0) is 78.3. The molecule has 0 aliphatic rings. The number of carbonyl (C=O) groups is 6. The normalized spacial score (nSPS) is 14.6. The van der Waals surface area contributed by atoms with Gasteiger partial charge in [-0.25, -0.2) is 9.13 Å². The molecule has 0 rings (SSSR count). The van der Waals surface area contributed by atoms with Crippen molar-refractivity contribution in [2.45, 2.75) is 386 Å². The summed E-state index contributed by atoms with van der Waals surface area (Å²) in [6.45, 7) is 11.0. The highest BCUT2D eigenvalue weighted by Gasteiger charge is 2.29. The first-order chi connectivity index (χ1) is 51.2. The van der Waals surface area contributed by atoms with Crippen LogP contribution in [0.1, 0.15) is 350 Å². The van der Waals surface area contributed by atoms with E-state index in [2.05, 4.69) is 87.1 Å². The van der Waals surface area contributed by atoms with Gasteiger partial charge in [0.25, 0.3) is 0 Å². The fourth-order valence-corrected chi connectivity index (χ4v) is 13.2. The van der Waals surface area contributed by atoms with Crippen LogP contribution >= 0.6 is 15.6 Å². The molecule has 26 heteroatoms. The van der Waals surface area contributed by atoms with Crippen molar-refractivity contribution in [3.63, 3.8) is 0 Å². The second kappa shape index (κ2) is 72.9. The standard InChI is InChI=1S/C80H152N4O20P2/c1-7-13-19-25-27-29-31-37-43-53-79(91)103-73(49-41-35-23-17-11-5)63-77(89)83-69(65-97-59-55-71(85)47-39-33-21-15-9-3)67-101-105(93,94)99-61-57-81-75(87)51-45-46-52-76(88)82-58-62-100-106(95,96)102-68-70(66-98-60-56-72(86)48-40-34-22-16-10-4)84-78(90)64-74(50-42-36-24-18-12-6)104-80(92)54-44-38-32-30-28-26-20-14-8-2/h29-32,69-74,85-86H,7-28,33-68H2,1-6H3,(H,81,87)(H,82,88)(H,83,89)(H,84,90)(H,93,94)(H,95,96)/b31-29-,32-30-/t69?,70?,71-,72-,73-,74-/m1/s1. The number of hydrogen-bond donors (Lipinski definition) is 8. The molecule has 0 radical (unpaired) electrons. The second-order valence-corrected chi connectivity index (χ2v) is 31.4. The summed E-state index contributed by atoms with van der Waals surface area (Å²) >= 11 is 0. The monoisotopic (exact) mass is 1550 g/mol. The van der Waals surface area contributed by atoms with Crippen LogP contribution in [0.15, 0.2) is 24.3 Å². The third-order valence-electron chi connectivity index (χ3n) is 18.1. The van der Waals surface area contributed by atoms with Crippen LogP contribution < -0.4 is 21.3 Å². The number of aliphatic hydroxyl groups is 2. The fourth-order valence-electron chi connectivity index (χ4n) is 11.7. The van der Waals surface area contributed by atoms with Gasteiger partial charge in [-0.2, -0.15) is 0 Å². The number of aliphatic hydroxyl groups excluding tert-OH is 2. The van der Waals surface area contributed by atoms with Gasteiger partial charge in [0, 0.05) is 52.0 Å². The predicted octanol–water partition coefficient (Wildman–Crippen LogP) is 17.0. The van der Waals surface area contributed by atoms with Gasteiger partial charge in [0.15, 0.2) is 0 Å². The molecule has 24 nitrogen and oxygen atoms in total. The molecule has 0 aromatic heterocycles. The second-order valence-electron chi connectivity index (χ2n) is 28.5. The van der Waals surface area contributed by atoms with Crippen molar-refractivity contribution in [2.75, 3.05) is 65.9 Å². The molecule has 0 bridgehead atoms. The lowest BCUT2D eigenvalue weighted by molar-refractivity contribution is -0.152. The Morgan fingerprint density at radius 1 is 0.340 bits per heavy atom. The van der Waals surface area contributed by atoms with Gasteiger partial charge in [-0.15, -0.1) is 0 Å². The van der Waals surface area contributed by atoms with Gasteiger partial charge >= 0.3 is 27.6 Å². The van der Waals surface area contributed by atoms with Crippen molar-refractivity contribution >= 4 is 51.2 Å². The van der Waals surface area contributed by atoms with E-state index in [-0.39, 0.29) is 90.0 Å². The van der Waals surface area contributed by atoms with Crippen LogP contribution in [-0.4, -0.2) is 158 Å². The minimum Gasteiger partial charge on any atom is -0.462 e. The van der Waals surface area contributed by atoms with Crippen LogP contribution in [0, 0.1) is 0 Å². The molecule has 0 aliphatic carbocycles. The third-order valence-corrected chi connectivity index (χ3v) is 20.1. The van der Waals surface area contributed by atoms with E-state index in [1.807, 2.05) is 0 Å². The lowest BCUT2D eigenvalue weighted by Crippen LogP contribution is -2.43. The van der Waals surface area contributed by atoms with Crippen molar-refractivity contribution in [2.24, 2.45) is 0 Å². The topological polar surface area (TPSA) is 339 Å². The first-order valence-electron chi connectivity index (χ1n) is 41.8. The predicted molar refractivity (Wildman–Crippen MR) is 421 cm³/mol. The van der Waals surface area contributed by atoms with Crippen LogP contribution in [0.5, 0.6) is 0 Å². The van der Waals surface area contributed by atoms with Crippen LogP contribution in [0.4, 0.5) is 0 Å². The summed E-state index contributed by atoms with van der Waals surface area (Å²) in [5, 5.41) is 32.0. The summed E-state index contributed by atoms with van der Waals surface area (Å²) in [7, 11) is -9.45. The lowest BCUT2D eigenvalue weighted by atomic mass is 10.1. The van der Waals surface area contributed by atoms with Gasteiger partial charge in [-0.3, -0.25) is 46.9 Å². The maximum absolute atomic E-state index is 13.6. The molecule has 0 saturated heterocycles. The average molecular weight is 1550 g/mol. The van der Waals surface area contributed by atoms with Crippen molar-refractivity contribution in [3.05, 3.63) is 24.3 Å². The molecule has 0 saturated carbocycles. The van der Waals surface area contributed by atoms with E-state index in [0.717, 1.165) is 167 Å². The maximum Gasteiger partial charge on any atom is 0.472 e.